The number of aromatic nitrogens is 3. The van der Waals surface area contributed by atoms with Gasteiger partial charge in [-0.1, -0.05) is 37.3 Å². The Kier molecular flexibility index (Phi) is 6.58. The third-order valence-electron chi connectivity index (χ3n) is 5.79. The molecule has 1 amide bonds. The van der Waals surface area contributed by atoms with E-state index in [4.69, 9.17) is 9.47 Å². The van der Waals surface area contributed by atoms with Crippen molar-refractivity contribution in [1.82, 2.24) is 19.7 Å². The van der Waals surface area contributed by atoms with Gasteiger partial charge in [-0.3, -0.25) is 9.67 Å². The number of esters is 1. The average molecular weight is 450 g/mol. The molecule has 0 radical (unpaired) electrons. The van der Waals surface area contributed by atoms with E-state index >= 15 is 0 Å². The molecule has 3 aromatic rings. The summed E-state index contributed by atoms with van der Waals surface area (Å²) < 4.78 is 12.2. The van der Waals surface area contributed by atoms with Crippen LogP contribution in [-0.4, -0.2) is 51.9 Å². The Morgan fingerprint density at radius 3 is 2.70 bits per heavy atom. The van der Waals surface area contributed by atoms with Gasteiger partial charge < -0.3 is 19.7 Å². The van der Waals surface area contributed by atoms with Gasteiger partial charge in [0.2, 0.25) is 0 Å². The zero-order chi connectivity index (χ0) is 23.4. The molecular formula is C24H27N5O4. The Balaban J connectivity index is 1.43. The third-order valence-corrected chi connectivity index (χ3v) is 5.79. The number of nitrogens with one attached hydrogen (secondary N) is 1. The van der Waals surface area contributed by atoms with E-state index in [2.05, 4.69) is 22.3 Å². The fraction of sp³-hybridized carbons (Fsp3) is 0.333. The first-order valence-electron chi connectivity index (χ1n) is 10.8. The summed E-state index contributed by atoms with van der Waals surface area (Å²) in [7, 11) is 1.34. The lowest BCUT2D eigenvalue weighted by atomic mass is 10.1. The van der Waals surface area contributed by atoms with Crippen molar-refractivity contribution in [2.75, 3.05) is 25.5 Å². The quantitative estimate of drug-likeness (QED) is 0.569. The number of ether oxygens (including phenoxy) is 2. The SMILES string of the molecule is COC(=O)c1ccncc1Nc1cn([C@@H]2CN(C(=O)OCc3ccccc3)C[C@@H]2C)nc1C. The van der Waals surface area contributed by atoms with Crippen molar-refractivity contribution in [2.24, 2.45) is 5.92 Å². The number of hydrogen-bond donors (Lipinski definition) is 1. The first-order valence-corrected chi connectivity index (χ1v) is 10.8. The van der Waals surface area contributed by atoms with E-state index in [0.717, 1.165) is 16.9 Å². The van der Waals surface area contributed by atoms with E-state index in [0.29, 0.717) is 24.3 Å². The second kappa shape index (κ2) is 9.72. The summed E-state index contributed by atoms with van der Waals surface area (Å²) in [6.07, 6.45) is 4.68. The molecule has 0 unspecified atom stereocenters. The number of hydrogen-bond acceptors (Lipinski definition) is 7. The molecule has 1 aromatic carbocycles. The largest absolute Gasteiger partial charge is 0.465 e. The van der Waals surface area contributed by atoms with E-state index in [-0.39, 0.29) is 24.7 Å². The van der Waals surface area contributed by atoms with Crippen molar-refractivity contribution in [2.45, 2.75) is 26.5 Å². The lowest BCUT2D eigenvalue weighted by molar-refractivity contribution is 0.0601. The van der Waals surface area contributed by atoms with E-state index in [1.807, 2.05) is 48.1 Å². The van der Waals surface area contributed by atoms with E-state index in [1.165, 1.54) is 7.11 Å². The van der Waals surface area contributed by atoms with Crippen LogP contribution in [0, 0.1) is 12.8 Å². The fourth-order valence-corrected chi connectivity index (χ4v) is 3.95. The van der Waals surface area contributed by atoms with Gasteiger partial charge in [-0.05, 0) is 24.5 Å². The van der Waals surface area contributed by atoms with E-state index in [1.54, 1.807) is 23.4 Å². The standard InChI is InChI=1S/C24H27N5O4/c1-16-12-28(24(31)33-15-18-7-5-4-6-8-18)14-22(16)29-13-21(17(2)27-29)26-20-11-25-10-9-19(20)23(30)32-3/h4-11,13,16,22,26H,12,14-15H2,1-3H3/t16-,22+/m0/s1. The molecule has 1 N–H and O–H groups in total. The molecule has 2 atom stereocenters. The minimum Gasteiger partial charge on any atom is -0.465 e. The highest BCUT2D eigenvalue weighted by Crippen LogP contribution is 2.31. The predicted octanol–water partition coefficient (Wildman–Crippen LogP) is 3.95. The van der Waals surface area contributed by atoms with Gasteiger partial charge in [0.15, 0.2) is 0 Å². The number of anilines is 2. The van der Waals surface area contributed by atoms with Crippen molar-refractivity contribution in [3.63, 3.8) is 0 Å². The molecule has 1 saturated heterocycles. The second-order valence-electron chi connectivity index (χ2n) is 8.14. The van der Waals surface area contributed by atoms with Crippen molar-refractivity contribution >= 4 is 23.4 Å². The first kappa shape index (κ1) is 22.3. The molecule has 1 aliphatic rings. The summed E-state index contributed by atoms with van der Waals surface area (Å²) in [4.78, 5) is 30.5. The van der Waals surface area contributed by atoms with Crippen molar-refractivity contribution in [3.8, 4) is 0 Å². The molecule has 3 heterocycles. The highest BCUT2D eigenvalue weighted by molar-refractivity contribution is 5.96. The van der Waals surface area contributed by atoms with Gasteiger partial charge in [0, 0.05) is 25.5 Å². The van der Waals surface area contributed by atoms with Gasteiger partial charge in [0.25, 0.3) is 0 Å². The van der Waals surface area contributed by atoms with E-state index in [9.17, 15) is 9.59 Å². The Bertz CT molecular complexity index is 1130. The molecule has 4 rings (SSSR count). The number of nitrogens with zero attached hydrogens (tertiary/aromatic N) is 4. The summed E-state index contributed by atoms with van der Waals surface area (Å²) in [5.41, 5.74) is 3.41. The Morgan fingerprint density at radius 2 is 1.94 bits per heavy atom. The molecule has 0 aliphatic carbocycles. The molecule has 33 heavy (non-hydrogen) atoms. The van der Waals surface area contributed by atoms with Crippen LogP contribution in [0.4, 0.5) is 16.2 Å². The number of carbonyl (C=O) groups is 2. The zero-order valence-electron chi connectivity index (χ0n) is 18.9. The van der Waals surface area contributed by atoms with Crippen LogP contribution >= 0.6 is 0 Å². The van der Waals surface area contributed by atoms with Crippen molar-refractivity contribution < 1.29 is 19.1 Å². The number of aryl methyl sites for hydroxylation is 1. The minimum absolute atomic E-state index is 0.0116. The summed E-state index contributed by atoms with van der Waals surface area (Å²) >= 11 is 0. The zero-order valence-corrected chi connectivity index (χ0v) is 18.9. The summed E-state index contributed by atoms with van der Waals surface area (Å²) in [6, 6.07) is 11.2. The molecule has 0 spiro atoms. The fourth-order valence-electron chi connectivity index (χ4n) is 3.95. The maximum absolute atomic E-state index is 12.6. The monoisotopic (exact) mass is 449 g/mol. The van der Waals surface area contributed by atoms with Gasteiger partial charge >= 0.3 is 12.1 Å². The number of amides is 1. The number of likely N-dealkylation sites (tertiary alicyclic amines) is 1. The van der Waals surface area contributed by atoms with Gasteiger partial charge in [0.05, 0.1) is 42.0 Å². The van der Waals surface area contributed by atoms with Crippen LogP contribution in [0.2, 0.25) is 0 Å². The molecule has 9 nitrogen and oxygen atoms in total. The summed E-state index contributed by atoms with van der Waals surface area (Å²) in [5.74, 6) is -0.246. The number of pyridine rings is 1. The van der Waals surface area contributed by atoms with Crippen molar-refractivity contribution in [1.29, 1.82) is 0 Å². The lowest BCUT2D eigenvalue weighted by Crippen LogP contribution is -2.29. The van der Waals surface area contributed by atoms with Crippen LogP contribution in [0.3, 0.4) is 0 Å². The van der Waals surface area contributed by atoms with Gasteiger partial charge in [0.1, 0.15) is 6.61 Å². The summed E-state index contributed by atoms with van der Waals surface area (Å²) in [6.45, 7) is 5.33. The predicted molar refractivity (Wildman–Crippen MR) is 122 cm³/mol. The third kappa shape index (κ3) is 4.97. The Labute approximate surface area is 192 Å². The smallest absolute Gasteiger partial charge is 0.410 e. The highest BCUT2D eigenvalue weighted by atomic mass is 16.6. The average Bonchev–Trinajstić information content (AvgIpc) is 3.40. The second-order valence-corrected chi connectivity index (χ2v) is 8.14. The highest BCUT2D eigenvalue weighted by Gasteiger charge is 2.35. The van der Waals surface area contributed by atoms with Crippen molar-refractivity contribution in [3.05, 3.63) is 71.8 Å². The summed E-state index contributed by atoms with van der Waals surface area (Å²) in [5, 5.41) is 7.90. The van der Waals surface area contributed by atoms with Crippen LogP contribution in [0.1, 0.15) is 34.6 Å². The van der Waals surface area contributed by atoms with Crippen LogP contribution in [0.25, 0.3) is 0 Å². The Hall–Kier alpha value is -3.88. The van der Waals surface area contributed by atoms with Crippen LogP contribution in [-0.2, 0) is 16.1 Å². The molecule has 1 aliphatic heterocycles. The van der Waals surface area contributed by atoms with Crippen LogP contribution in [0.5, 0.6) is 0 Å². The number of benzene rings is 1. The first-order chi connectivity index (χ1) is 16.0. The van der Waals surface area contributed by atoms with Crippen LogP contribution in [0.15, 0.2) is 55.0 Å². The lowest BCUT2D eigenvalue weighted by Gasteiger charge is -2.16. The van der Waals surface area contributed by atoms with Crippen LogP contribution < -0.4 is 5.32 Å². The minimum atomic E-state index is -0.445. The Morgan fingerprint density at radius 1 is 1.15 bits per heavy atom. The molecule has 2 aromatic heterocycles. The normalized spacial score (nSPS) is 17.6. The van der Waals surface area contributed by atoms with Gasteiger partial charge in [-0.25, -0.2) is 9.59 Å². The van der Waals surface area contributed by atoms with Gasteiger partial charge in [-0.2, -0.15) is 5.10 Å². The maximum atomic E-state index is 12.6. The van der Waals surface area contributed by atoms with Gasteiger partial charge in [-0.15, -0.1) is 0 Å². The molecule has 0 saturated carbocycles. The number of methoxy groups -OCH3 is 1. The molecule has 9 heteroatoms. The molecule has 0 bridgehead atoms. The number of carbonyl (C=O) groups excluding carboxylic acids is 2. The topological polar surface area (TPSA) is 98.6 Å². The van der Waals surface area contributed by atoms with E-state index < -0.39 is 5.97 Å². The molecule has 172 valence electrons. The maximum Gasteiger partial charge on any atom is 0.410 e. The molecular weight excluding hydrogens is 422 g/mol. The molecule has 1 fully saturated rings. The number of rotatable bonds is 6.